The number of ether oxygens (including phenoxy) is 3. The SMILES string of the molecule is COc1cc(COCCOC(C)(C)C)ccc1C(N)=S. The van der Waals surface area contributed by atoms with Gasteiger partial charge >= 0.3 is 0 Å². The molecule has 1 aromatic rings. The summed E-state index contributed by atoms with van der Waals surface area (Å²) in [6, 6.07) is 5.67. The van der Waals surface area contributed by atoms with E-state index in [9.17, 15) is 0 Å². The van der Waals surface area contributed by atoms with E-state index in [2.05, 4.69) is 0 Å². The van der Waals surface area contributed by atoms with E-state index >= 15 is 0 Å². The molecule has 0 amide bonds. The summed E-state index contributed by atoms with van der Waals surface area (Å²) in [6.45, 7) is 7.69. The number of methoxy groups -OCH3 is 1. The van der Waals surface area contributed by atoms with Crippen molar-refractivity contribution in [1.29, 1.82) is 0 Å². The second-order valence-electron chi connectivity index (χ2n) is 5.41. The van der Waals surface area contributed by atoms with Crippen molar-refractivity contribution in [2.75, 3.05) is 20.3 Å². The Morgan fingerprint density at radius 2 is 1.95 bits per heavy atom. The van der Waals surface area contributed by atoms with Crippen molar-refractivity contribution < 1.29 is 14.2 Å². The van der Waals surface area contributed by atoms with E-state index < -0.39 is 0 Å². The third-order valence-corrected chi connectivity index (χ3v) is 2.78. The lowest BCUT2D eigenvalue weighted by Gasteiger charge is -2.19. The van der Waals surface area contributed by atoms with Gasteiger partial charge in [0.05, 0.1) is 38.1 Å². The maximum absolute atomic E-state index is 5.62. The molecule has 20 heavy (non-hydrogen) atoms. The van der Waals surface area contributed by atoms with Crippen LogP contribution < -0.4 is 10.5 Å². The minimum atomic E-state index is -0.134. The molecule has 4 nitrogen and oxygen atoms in total. The van der Waals surface area contributed by atoms with Gasteiger partial charge in [-0.15, -0.1) is 0 Å². The molecule has 5 heteroatoms. The Hall–Kier alpha value is -1.17. The zero-order valence-electron chi connectivity index (χ0n) is 12.6. The number of hydrogen-bond acceptors (Lipinski definition) is 4. The van der Waals surface area contributed by atoms with E-state index in [1.54, 1.807) is 7.11 Å². The monoisotopic (exact) mass is 297 g/mol. The molecule has 0 aliphatic rings. The van der Waals surface area contributed by atoms with Crippen molar-refractivity contribution in [1.82, 2.24) is 0 Å². The Labute approximate surface area is 126 Å². The minimum Gasteiger partial charge on any atom is -0.496 e. The molecule has 0 radical (unpaired) electrons. The molecule has 1 rings (SSSR count). The normalized spacial score (nSPS) is 11.4. The maximum Gasteiger partial charge on any atom is 0.129 e. The van der Waals surface area contributed by atoms with Crippen LogP contribution in [0.4, 0.5) is 0 Å². The molecule has 0 aliphatic carbocycles. The highest BCUT2D eigenvalue weighted by Gasteiger charge is 2.09. The highest BCUT2D eigenvalue weighted by atomic mass is 32.1. The predicted octanol–water partition coefficient (Wildman–Crippen LogP) is 2.66. The summed E-state index contributed by atoms with van der Waals surface area (Å²) in [6.07, 6.45) is 0. The summed E-state index contributed by atoms with van der Waals surface area (Å²) in [7, 11) is 1.60. The summed E-state index contributed by atoms with van der Waals surface area (Å²) < 4.78 is 16.4. The van der Waals surface area contributed by atoms with Gasteiger partial charge in [-0.1, -0.05) is 18.3 Å². The van der Waals surface area contributed by atoms with Gasteiger partial charge < -0.3 is 19.9 Å². The molecule has 2 N–H and O–H groups in total. The van der Waals surface area contributed by atoms with Gasteiger partial charge in [0.15, 0.2) is 0 Å². The van der Waals surface area contributed by atoms with E-state index in [1.807, 2.05) is 39.0 Å². The van der Waals surface area contributed by atoms with E-state index in [0.29, 0.717) is 30.6 Å². The lowest BCUT2D eigenvalue weighted by Crippen LogP contribution is -2.21. The third-order valence-electron chi connectivity index (χ3n) is 2.56. The van der Waals surface area contributed by atoms with Crippen LogP contribution in [0.1, 0.15) is 31.9 Å². The van der Waals surface area contributed by atoms with Crippen molar-refractivity contribution in [3.8, 4) is 5.75 Å². The van der Waals surface area contributed by atoms with Crippen LogP contribution in [0.3, 0.4) is 0 Å². The van der Waals surface area contributed by atoms with Gasteiger partial charge in [-0.05, 0) is 38.5 Å². The molecule has 0 heterocycles. The molecule has 112 valence electrons. The van der Waals surface area contributed by atoms with Crippen LogP contribution in [0, 0.1) is 0 Å². The minimum absolute atomic E-state index is 0.134. The van der Waals surface area contributed by atoms with Gasteiger partial charge in [0.1, 0.15) is 10.7 Å². The number of hydrogen-bond donors (Lipinski definition) is 1. The third kappa shape index (κ3) is 5.86. The van der Waals surface area contributed by atoms with E-state index in [1.165, 1.54) is 0 Å². The van der Waals surface area contributed by atoms with Crippen LogP contribution in [-0.4, -0.2) is 30.9 Å². The number of thiocarbonyl (C=S) groups is 1. The summed E-state index contributed by atoms with van der Waals surface area (Å²) in [5, 5.41) is 0. The van der Waals surface area contributed by atoms with Crippen LogP contribution in [0.15, 0.2) is 18.2 Å². The Kier molecular flexibility index (Phi) is 6.39. The number of rotatable bonds is 7. The fourth-order valence-corrected chi connectivity index (χ4v) is 1.79. The molecular weight excluding hydrogens is 274 g/mol. The second kappa shape index (κ2) is 7.57. The molecule has 0 fully saturated rings. The maximum atomic E-state index is 5.62. The fraction of sp³-hybridized carbons (Fsp3) is 0.533. The summed E-state index contributed by atoms with van der Waals surface area (Å²) in [5.41, 5.74) is 7.24. The molecule has 0 saturated carbocycles. The first-order valence-electron chi connectivity index (χ1n) is 6.52. The van der Waals surface area contributed by atoms with Gasteiger partial charge in [0, 0.05) is 0 Å². The highest BCUT2D eigenvalue weighted by molar-refractivity contribution is 7.80. The van der Waals surface area contributed by atoms with Crippen LogP contribution in [0.5, 0.6) is 5.75 Å². The molecule has 0 atom stereocenters. The van der Waals surface area contributed by atoms with Gasteiger partial charge in [-0.3, -0.25) is 0 Å². The smallest absolute Gasteiger partial charge is 0.129 e. The topological polar surface area (TPSA) is 53.7 Å². The number of nitrogens with two attached hydrogens (primary N) is 1. The molecule has 0 aliphatic heterocycles. The second-order valence-corrected chi connectivity index (χ2v) is 5.85. The van der Waals surface area contributed by atoms with Crippen LogP contribution >= 0.6 is 12.2 Å². The average molecular weight is 297 g/mol. The molecule has 0 aromatic heterocycles. The van der Waals surface area contributed by atoms with Crippen LogP contribution in [0.2, 0.25) is 0 Å². The van der Waals surface area contributed by atoms with Crippen molar-refractivity contribution >= 4 is 17.2 Å². The average Bonchev–Trinajstić information content (AvgIpc) is 2.36. The zero-order chi connectivity index (χ0) is 15.2. The van der Waals surface area contributed by atoms with Crippen LogP contribution in [0.25, 0.3) is 0 Å². The van der Waals surface area contributed by atoms with Crippen molar-refractivity contribution in [3.63, 3.8) is 0 Å². The Morgan fingerprint density at radius 1 is 1.25 bits per heavy atom. The molecule has 0 bridgehead atoms. The molecule has 0 spiro atoms. The quantitative estimate of drug-likeness (QED) is 0.619. The fourth-order valence-electron chi connectivity index (χ4n) is 1.63. The van der Waals surface area contributed by atoms with Gasteiger partial charge in [-0.25, -0.2) is 0 Å². The zero-order valence-corrected chi connectivity index (χ0v) is 13.4. The van der Waals surface area contributed by atoms with Gasteiger partial charge in [0.2, 0.25) is 0 Å². The molecule has 0 unspecified atom stereocenters. The van der Waals surface area contributed by atoms with E-state index in [4.69, 9.17) is 32.2 Å². The lowest BCUT2D eigenvalue weighted by atomic mass is 10.1. The van der Waals surface area contributed by atoms with Crippen LogP contribution in [-0.2, 0) is 16.1 Å². The first-order chi connectivity index (χ1) is 9.33. The molecule has 1 aromatic carbocycles. The lowest BCUT2D eigenvalue weighted by molar-refractivity contribution is -0.0376. The number of benzene rings is 1. The largest absolute Gasteiger partial charge is 0.496 e. The summed E-state index contributed by atoms with van der Waals surface area (Å²) in [4.78, 5) is 0.327. The van der Waals surface area contributed by atoms with Crippen molar-refractivity contribution in [2.24, 2.45) is 5.73 Å². The highest BCUT2D eigenvalue weighted by Crippen LogP contribution is 2.20. The van der Waals surface area contributed by atoms with E-state index in [-0.39, 0.29) is 5.60 Å². The first-order valence-corrected chi connectivity index (χ1v) is 6.93. The van der Waals surface area contributed by atoms with Crippen molar-refractivity contribution in [3.05, 3.63) is 29.3 Å². The van der Waals surface area contributed by atoms with Crippen molar-refractivity contribution in [2.45, 2.75) is 33.0 Å². The molecular formula is C15H23NO3S. The molecule has 0 saturated heterocycles. The standard InChI is InChI=1S/C15H23NO3S/c1-15(2,3)19-8-7-18-10-11-5-6-12(14(16)20)13(9-11)17-4/h5-6,9H,7-8,10H2,1-4H3,(H2,16,20). The van der Waals surface area contributed by atoms with E-state index in [0.717, 1.165) is 11.1 Å². The van der Waals surface area contributed by atoms with Gasteiger partial charge in [0.25, 0.3) is 0 Å². The first kappa shape index (κ1) is 16.9. The Balaban J connectivity index is 2.47. The summed E-state index contributed by atoms with van der Waals surface area (Å²) >= 11 is 4.97. The van der Waals surface area contributed by atoms with Gasteiger partial charge in [-0.2, -0.15) is 0 Å². The summed E-state index contributed by atoms with van der Waals surface area (Å²) in [5.74, 6) is 0.671. The predicted molar refractivity (Wildman–Crippen MR) is 84.2 cm³/mol. The Morgan fingerprint density at radius 3 is 2.50 bits per heavy atom. The Bertz CT molecular complexity index is 455.